The molecule has 4 rings (SSSR count). The summed E-state index contributed by atoms with van der Waals surface area (Å²) in [6, 6.07) is 6.59. The standard InChI is InChI=1S/C17H21N5OS/c1-11(2)16-19-17(23-21-16)14-4-3-9-22(14)10-12-5-6-15(24-12)13-7-8-18-20-13/h5-8,11,14H,3-4,9-10H2,1-2H3,(H,18,20). The van der Waals surface area contributed by atoms with Crippen LogP contribution >= 0.6 is 11.3 Å². The van der Waals surface area contributed by atoms with Crippen LogP contribution in [0.4, 0.5) is 0 Å². The van der Waals surface area contributed by atoms with Crippen LogP contribution in [-0.4, -0.2) is 31.8 Å². The second-order valence-corrected chi connectivity index (χ2v) is 7.68. The van der Waals surface area contributed by atoms with Gasteiger partial charge < -0.3 is 4.52 Å². The molecule has 0 aliphatic carbocycles. The molecule has 0 radical (unpaired) electrons. The largest absolute Gasteiger partial charge is 0.338 e. The molecular formula is C17H21N5OS. The Kier molecular flexibility index (Phi) is 4.20. The van der Waals surface area contributed by atoms with Gasteiger partial charge in [0.25, 0.3) is 0 Å². The monoisotopic (exact) mass is 343 g/mol. The van der Waals surface area contributed by atoms with Crippen LogP contribution in [0, 0.1) is 0 Å². The summed E-state index contributed by atoms with van der Waals surface area (Å²) >= 11 is 1.81. The molecule has 1 N–H and O–H groups in total. The molecule has 1 aliphatic heterocycles. The highest BCUT2D eigenvalue weighted by Gasteiger charge is 2.31. The summed E-state index contributed by atoms with van der Waals surface area (Å²) in [5.41, 5.74) is 1.07. The Morgan fingerprint density at radius 1 is 1.38 bits per heavy atom. The molecular weight excluding hydrogens is 322 g/mol. The van der Waals surface area contributed by atoms with Crippen molar-refractivity contribution in [2.45, 2.75) is 45.2 Å². The number of hydrogen-bond donors (Lipinski definition) is 1. The molecule has 3 aromatic heterocycles. The fraction of sp³-hybridized carbons (Fsp3) is 0.471. The normalized spacial score (nSPS) is 18.7. The van der Waals surface area contributed by atoms with Crippen LogP contribution in [0.2, 0.25) is 0 Å². The number of likely N-dealkylation sites (tertiary alicyclic amines) is 1. The first kappa shape index (κ1) is 15.5. The molecule has 3 aromatic rings. The highest BCUT2D eigenvalue weighted by Crippen LogP contribution is 2.35. The number of aromatic amines is 1. The Labute approximate surface area is 144 Å². The molecule has 126 valence electrons. The summed E-state index contributed by atoms with van der Waals surface area (Å²) < 4.78 is 5.53. The molecule has 1 fully saturated rings. The van der Waals surface area contributed by atoms with E-state index in [4.69, 9.17) is 4.52 Å². The third-order valence-electron chi connectivity index (χ3n) is 4.41. The zero-order valence-electron chi connectivity index (χ0n) is 13.9. The minimum Gasteiger partial charge on any atom is -0.338 e. The predicted molar refractivity (Wildman–Crippen MR) is 92.7 cm³/mol. The number of nitrogens with one attached hydrogen (secondary N) is 1. The molecule has 0 spiro atoms. The van der Waals surface area contributed by atoms with Crippen LogP contribution in [0.1, 0.15) is 55.2 Å². The maximum atomic E-state index is 5.53. The molecule has 0 aromatic carbocycles. The third kappa shape index (κ3) is 3.01. The average molecular weight is 343 g/mol. The number of hydrogen-bond acceptors (Lipinski definition) is 6. The van der Waals surface area contributed by atoms with Crippen LogP contribution in [0.3, 0.4) is 0 Å². The van der Waals surface area contributed by atoms with E-state index in [1.165, 1.54) is 16.2 Å². The minimum absolute atomic E-state index is 0.239. The summed E-state index contributed by atoms with van der Waals surface area (Å²) in [5, 5.41) is 11.2. The molecule has 1 saturated heterocycles. The lowest BCUT2D eigenvalue weighted by molar-refractivity contribution is 0.202. The number of aromatic nitrogens is 4. The summed E-state index contributed by atoms with van der Waals surface area (Å²) in [4.78, 5) is 9.61. The summed E-state index contributed by atoms with van der Waals surface area (Å²) in [7, 11) is 0. The molecule has 1 unspecified atom stereocenters. The zero-order chi connectivity index (χ0) is 16.5. The molecule has 0 saturated carbocycles. The maximum Gasteiger partial charge on any atom is 0.244 e. The van der Waals surface area contributed by atoms with Gasteiger partial charge in [-0.3, -0.25) is 10.00 Å². The molecule has 4 heterocycles. The van der Waals surface area contributed by atoms with E-state index in [1.807, 2.05) is 6.07 Å². The Bertz CT molecular complexity index is 792. The van der Waals surface area contributed by atoms with Gasteiger partial charge in [0.15, 0.2) is 5.82 Å². The van der Waals surface area contributed by atoms with Gasteiger partial charge >= 0.3 is 0 Å². The highest BCUT2D eigenvalue weighted by molar-refractivity contribution is 7.15. The number of rotatable bonds is 5. The van der Waals surface area contributed by atoms with Crippen LogP contribution in [0.15, 0.2) is 28.9 Å². The lowest BCUT2D eigenvalue weighted by Crippen LogP contribution is -2.22. The first-order valence-electron chi connectivity index (χ1n) is 8.36. The quantitative estimate of drug-likeness (QED) is 0.758. The van der Waals surface area contributed by atoms with E-state index < -0.39 is 0 Å². The van der Waals surface area contributed by atoms with Crippen molar-refractivity contribution in [1.29, 1.82) is 0 Å². The van der Waals surface area contributed by atoms with Gasteiger partial charge in [-0.2, -0.15) is 10.1 Å². The summed E-state index contributed by atoms with van der Waals surface area (Å²) in [6.07, 6.45) is 4.04. The van der Waals surface area contributed by atoms with Crippen LogP contribution in [-0.2, 0) is 6.54 Å². The van der Waals surface area contributed by atoms with Gasteiger partial charge in [0, 0.05) is 23.5 Å². The minimum atomic E-state index is 0.239. The van der Waals surface area contributed by atoms with E-state index in [2.05, 4.69) is 51.2 Å². The third-order valence-corrected chi connectivity index (χ3v) is 5.51. The second-order valence-electron chi connectivity index (χ2n) is 6.51. The molecule has 7 heteroatoms. The smallest absolute Gasteiger partial charge is 0.244 e. The number of nitrogens with zero attached hydrogens (tertiary/aromatic N) is 4. The van der Waals surface area contributed by atoms with Crippen LogP contribution in [0.25, 0.3) is 10.6 Å². The molecule has 24 heavy (non-hydrogen) atoms. The Hall–Kier alpha value is -1.99. The van der Waals surface area contributed by atoms with Gasteiger partial charge in [-0.15, -0.1) is 11.3 Å². The van der Waals surface area contributed by atoms with Gasteiger partial charge in [0.1, 0.15) is 0 Å². The van der Waals surface area contributed by atoms with Crippen LogP contribution < -0.4 is 0 Å². The van der Waals surface area contributed by atoms with E-state index in [1.54, 1.807) is 17.5 Å². The number of H-pyrrole nitrogens is 1. The molecule has 6 nitrogen and oxygen atoms in total. The van der Waals surface area contributed by atoms with E-state index in [9.17, 15) is 0 Å². The molecule has 0 bridgehead atoms. The lowest BCUT2D eigenvalue weighted by Gasteiger charge is -2.20. The van der Waals surface area contributed by atoms with Crippen molar-refractivity contribution < 1.29 is 4.52 Å². The van der Waals surface area contributed by atoms with E-state index in [0.29, 0.717) is 5.92 Å². The highest BCUT2D eigenvalue weighted by atomic mass is 32.1. The summed E-state index contributed by atoms with van der Waals surface area (Å²) in [6.45, 7) is 6.16. The van der Waals surface area contributed by atoms with Crippen LogP contribution in [0.5, 0.6) is 0 Å². The second kappa shape index (κ2) is 6.49. The molecule has 0 amide bonds. The Balaban J connectivity index is 1.49. The fourth-order valence-corrected chi connectivity index (χ4v) is 4.12. The van der Waals surface area contributed by atoms with Crippen molar-refractivity contribution in [3.05, 3.63) is 41.0 Å². The first-order chi connectivity index (χ1) is 11.7. The number of thiophene rings is 1. The summed E-state index contributed by atoms with van der Waals surface area (Å²) in [5.74, 6) is 1.86. The van der Waals surface area contributed by atoms with Gasteiger partial charge in [-0.25, -0.2) is 0 Å². The molecule has 1 atom stereocenters. The Morgan fingerprint density at radius 2 is 2.29 bits per heavy atom. The SMILES string of the molecule is CC(C)c1noc(C2CCCN2Cc2ccc(-c3ccn[nH]3)s2)n1. The maximum absolute atomic E-state index is 5.53. The van der Waals surface area contributed by atoms with Gasteiger partial charge in [-0.1, -0.05) is 19.0 Å². The van der Waals surface area contributed by atoms with Crippen molar-refractivity contribution in [2.24, 2.45) is 0 Å². The lowest BCUT2D eigenvalue weighted by atomic mass is 10.2. The molecule has 1 aliphatic rings. The van der Waals surface area contributed by atoms with Crippen molar-refractivity contribution >= 4 is 11.3 Å². The van der Waals surface area contributed by atoms with Gasteiger partial charge in [-0.05, 0) is 37.6 Å². The van der Waals surface area contributed by atoms with E-state index in [-0.39, 0.29) is 6.04 Å². The van der Waals surface area contributed by atoms with Gasteiger partial charge in [0.2, 0.25) is 5.89 Å². The van der Waals surface area contributed by atoms with Gasteiger partial charge in [0.05, 0.1) is 16.6 Å². The van der Waals surface area contributed by atoms with Crippen molar-refractivity contribution in [1.82, 2.24) is 25.2 Å². The van der Waals surface area contributed by atoms with E-state index >= 15 is 0 Å². The first-order valence-corrected chi connectivity index (χ1v) is 9.18. The van der Waals surface area contributed by atoms with Crippen molar-refractivity contribution in [3.63, 3.8) is 0 Å². The van der Waals surface area contributed by atoms with E-state index in [0.717, 1.165) is 36.9 Å². The zero-order valence-corrected chi connectivity index (χ0v) is 14.7. The average Bonchev–Trinajstić information content (AvgIpc) is 3.35. The fourth-order valence-electron chi connectivity index (χ4n) is 3.11. The Morgan fingerprint density at radius 3 is 3.04 bits per heavy atom. The topological polar surface area (TPSA) is 70.8 Å². The van der Waals surface area contributed by atoms with Crippen molar-refractivity contribution in [3.8, 4) is 10.6 Å². The predicted octanol–water partition coefficient (Wildman–Crippen LogP) is 3.98. The van der Waals surface area contributed by atoms with Crippen molar-refractivity contribution in [2.75, 3.05) is 6.54 Å².